The first kappa shape index (κ1) is 16.3. The number of halogens is 1. The van der Waals surface area contributed by atoms with Crippen molar-refractivity contribution in [3.63, 3.8) is 0 Å². The highest BCUT2D eigenvalue weighted by atomic mass is 35.5. The highest BCUT2D eigenvalue weighted by Gasteiger charge is 2.33. The lowest BCUT2D eigenvalue weighted by Gasteiger charge is -2.24. The fraction of sp³-hybridized carbons (Fsp3) is 0.235. The molecular formula is C17H18ClNO3. The van der Waals surface area contributed by atoms with Crippen molar-refractivity contribution in [2.45, 2.75) is 26.1 Å². The standard InChI is InChI=1S/C17H18ClNO3/c1-11-6-3-4-9-15(11)22-10-12-13(7-5-8-14(12)18)17(2,21)16(19)20/h3-9,21H,10H2,1-2H3,(H2,19,20). The summed E-state index contributed by atoms with van der Waals surface area (Å²) in [5, 5.41) is 10.7. The summed E-state index contributed by atoms with van der Waals surface area (Å²) in [6.45, 7) is 3.41. The van der Waals surface area contributed by atoms with Gasteiger partial charge in [0, 0.05) is 16.1 Å². The molecule has 0 aliphatic heterocycles. The molecule has 1 unspecified atom stereocenters. The third-order valence-electron chi connectivity index (χ3n) is 3.59. The lowest BCUT2D eigenvalue weighted by atomic mass is 9.91. The van der Waals surface area contributed by atoms with Crippen LogP contribution in [0.5, 0.6) is 5.75 Å². The highest BCUT2D eigenvalue weighted by Crippen LogP contribution is 2.30. The number of benzene rings is 2. The van der Waals surface area contributed by atoms with E-state index < -0.39 is 11.5 Å². The number of hydrogen-bond donors (Lipinski definition) is 2. The molecule has 5 heteroatoms. The Morgan fingerprint density at radius 2 is 1.95 bits per heavy atom. The van der Waals surface area contributed by atoms with E-state index in [9.17, 15) is 9.90 Å². The number of hydrogen-bond acceptors (Lipinski definition) is 3. The molecule has 0 aliphatic carbocycles. The molecule has 22 heavy (non-hydrogen) atoms. The van der Waals surface area contributed by atoms with Crippen LogP contribution in [0.2, 0.25) is 5.02 Å². The van der Waals surface area contributed by atoms with Gasteiger partial charge in [0.2, 0.25) is 0 Å². The Kier molecular flexibility index (Phi) is 4.74. The van der Waals surface area contributed by atoms with Crippen LogP contribution in [-0.4, -0.2) is 11.0 Å². The zero-order valence-corrected chi connectivity index (χ0v) is 13.2. The minimum absolute atomic E-state index is 0.128. The molecule has 0 heterocycles. The van der Waals surface area contributed by atoms with Gasteiger partial charge in [-0.1, -0.05) is 41.9 Å². The molecule has 1 atom stereocenters. The van der Waals surface area contributed by atoms with E-state index in [1.165, 1.54) is 6.92 Å². The van der Waals surface area contributed by atoms with E-state index in [0.717, 1.165) is 5.56 Å². The fourth-order valence-corrected chi connectivity index (χ4v) is 2.39. The minimum Gasteiger partial charge on any atom is -0.489 e. The Labute approximate surface area is 134 Å². The summed E-state index contributed by atoms with van der Waals surface area (Å²) in [5.74, 6) is -0.126. The van der Waals surface area contributed by atoms with Gasteiger partial charge in [-0.2, -0.15) is 0 Å². The molecule has 0 radical (unpaired) electrons. The second kappa shape index (κ2) is 6.38. The molecule has 2 aromatic rings. The number of amides is 1. The molecule has 0 bridgehead atoms. The topological polar surface area (TPSA) is 72.6 Å². The molecule has 3 N–H and O–H groups in total. The molecule has 4 nitrogen and oxygen atoms in total. The Morgan fingerprint density at radius 3 is 2.59 bits per heavy atom. The van der Waals surface area contributed by atoms with Gasteiger partial charge in [0.1, 0.15) is 12.4 Å². The van der Waals surface area contributed by atoms with Crippen molar-refractivity contribution < 1.29 is 14.6 Å². The zero-order valence-electron chi connectivity index (χ0n) is 12.5. The van der Waals surface area contributed by atoms with Crippen LogP contribution in [0.1, 0.15) is 23.6 Å². The molecule has 0 aromatic heterocycles. The van der Waals surface area contributed by atoms with Crippen LogP contribution in [0, 0.1) is 6.92 Å². The Hall–Kier alpha value is -2.04. The lowest BCUT2D eigenvalue weighted by Crippen LogP contribution is -2.39. The van der Waals surface area contributed by atoms with Crippen LogP contribution in [0.4, 0.5) is 0 Å². The highest BCUT2D eigenvalue weighted by molar-refractivity contribution is 6.31. The van der Waals surface area contributed by atoms with Crippen molar-refractivity contribution in [3.05, 3.63) is 64.2 Å². The van der Waals surface area contributed by atoms with Crippen molar-refractivity contribution in [2.75, 3.05) is 0 Å². The summed E-state index contributed by atoms with van der Waals surface area (Å²) >= 11 is 6.20. The van der Waals surface area contributed by atoms with Gasteiger partial charge in [-0.05, 0) is 31.5 Å². The summed E-state index contributed by atoms with van der Waals surface area (Å²) in [6, 6.07) is 12.5. The normalized spacial score (nSPS) is 13.5. The third kappa shape index (κ3) is 3.24. The van der Waals surface area contributed by atoms with Crippen LogP contribution >= 0.6 is 11.6 Å². The van der Waals surface area contributed by atoms with E-state index in [1.807, 2.05) is 31.2 Å². The summed E-state index contributed by atoms with van der Waals surface area (Å²) < 4.78 is 5.77. The van der Waals surface area contributed by atoms with Gasteiger partial charge in [0.25, 0.3) is 5.91 Å². The first-order valence-electron chi connectivity index (χ1n) is 6.82. The largest absolute Gasteiger partial charge is 0.489 e. The van der Waals surface area contributed by atoms with Crippen LogP contribution in [0.15, 0.2) is 42.5 Å². The van der Waals surface area contributed by atoms with Crippen molar-refractivity contribution in [3.8, 4) is 5.75 Å². The van der Waals surface area contributed by atoms with Gasteiger partial charge in [0.15, 0.2) is 5.60 Å². The fourth-order valence-electron chi connectivity index (χ4n) is 2.16. The molecule has 2 rings (SSSR count). The van der Waals surface area contributed by atoms with Crippen molar-refractivity contribution in [2.24, 2.45) is 5.73 Å². The number of aliphatic hydroxyl groups is 1. The molecule has 0 aliphatic rings. The summed E-state index contributed by atoms with van der Waals surface area (Å²) in [5.41, 5.74) is 5.34. The predicted molar refractivity (Wildman–Crippen MR) is 85.7 cm³/mol. The number of carbonyl (C=O) groups is 1. The Balaban J connectivity index is 2.35. The van der Waals surface area contributed by atoms with E-state index in [2.05, 4.69) is 0 Å². The van der Waals surface area contributed by atoms with Gasteiger partial charge in [0.05, 0.1) is 0 Å². The maximum atomic E-state index is 11.5. The Morgan fingerprint density at radius 1 is 1.27 bits per heavy atom. The predicted octanol–water partition coefficient (Wildman–Crippen LogP) is 2.92. The number of ether oxygens (including phenoxy) is 1. The molecule has 0 saturated carbocycles. The smallest absolute Gasteiger partial charge is 0.253 e. The number of primary amides is 1. The molecule has 116 valence electrons. The molecule has 0 saturated heterocycles. The van der Waals surface area contributed by atoms with Crippen LogP contribution in [0.25, 0.3) is 0 Å². The van der Waals surface area contributed by atoms with E-state index in [-0.39, 0.29) is 6.61 Å². The summed E-state index contributed by atoms with van der Waals surface area (Å²) in [7, 11) is 0. The summed E-state index contributed by atoms with van der Waals surface area (Å²) in [6.07, 6.45) is 0. The third-order valence-corrected chi connectivity index (χ3v) is 3.94. The SMILES string of the molecule is Cc1ccccc1OCc1c(Cl)cccc1C(C)(O)C(N)=O. The minimum atomic E-state index is -1.81. The first-order chi connectivity index (χ1) is 10.3. The average molecular weight is 320 g/mol. The van der Waals surface area contributed by atoms with Crippen LogP contribution in [-0.2, 0) is 17.0 Å². The van der Waals surface area contributed by atoms with Gasteiger partial charge in [-0.25, -0.2) is 0 Å². The quantitative estimate of drug-likeness (QED) is 0.890. The average Bonchev–Trinajstić information content (AvgIpc) is 2.47. The number of aryl methyl sites for hydroxylation is 1. The van der Waals surface area contributed by atoms with E-state index in [4.69, 9.17) is 22.1 Å². The maximum Gasteiger partial charge on any atom is 0.253 e. The molecule has 2 aromatic carbocycles. The number of rotatable bonds is 5. The molecule has 0 spiro atoms. The van der Waals surface area contributed by atoms with Crippen molar-refractivity contribution in [1.82, 2.24) is 0 Å². The second-order valence-electron chi connectivity index (χ2n) is 5.26. The van der Waals surface area contributed by atoms with Crippen molar-refractivity contribution in [1.29, 1.82) is 0 Å². The monoisotopic (exact) mass is 319 g/mol. The Bertz CT molecular complexity index is 698. The number of para-hydroxylation sites is 1. The second-order valence-corrected chi connectivity index (χ2v) is 5.66. The molecule has 0 fully saturated rings. The van der Waals surface area contributed by atoms with E-state index in [1.54, 1.807) is 18.2 Å². The number of nitrogens with two attached hydrogens (primary N) is 1. The van der Waals surface area contributed by atoms with Gasteiger partial charge < -0.3 is 15.6 Å². The van der Waals surface area contributed by atoms with Crippen LogP contribution < -0.4 is 10.5 Å². The zero-order chi connectivity index (χ0) is 16.3. The summed E-state index contributed by atoms with van der Waals surface area (Å²) in [4.78, 5) is 11.5. The van der Waals surface area contributed by atoms with Gasteiger partial charge in [-0.3, -0.25) is 4.79 Å². The first-order valence-corrected chi connectivity index (χ1v) is 7.20. The van der Waals surface area contributed by atoms with Crippen LogP contribution in [0.3, 0.4) is 0 Å². The van der Waals surface area contributed by atoms with E-state index >= 15 is 0 Å². The molecular weight excluding hydrogens is 302 g/mol. The van der Waals surface area contributed by atoms with Gasteiger partial charge in [-0.15, -0.1) is 0 Å². The van der Waals surface area contributed by atoms with E-state index in [0.29, 0.717) is 21.9 Å². The lowest BCUT2D eigenvalue weighted by molar-refractivity contribution is -0.135. The van der Waals surface area contributed by atoms with Crippen molar-refractivity contribution >= 4 is 17.5 Å². The maximum absolute atomic E-state index is 11.5. The van der Waals surface area contributed by atoms with Gasteiger partial charge >= 0.3 is 0 Å². The molecule has 1 amide bonds. The number of carbonyl (C=O) groups excluding carboxylic acids is 1.